The number of hydrogen-bond donors (Lipinski definition) is 2. The maximum absolute atomic E-state index is 11.0. The molecule has 0 fully saturated rings. The molecule has 2 aromatic rings. The number of benzene rings is 1. The summed E-state index contributed by atoms with van der Waals surface area (Å²) in [6.45, 7) is 3.75. The number of nitrogens with zero attached hydrogens (tertiary/aromatic N) is 3. The lowest BCUT2D eigenvalue weighted by atomic mass is 10.1. The van der Waals surface area contributed by atoms with Gasteiger partial charge in [-0.05, 0) is 24.1 Å². The van der Waals surface area contributed by atoms with Crippen molar-refractivity contribution in [2.45, 2.75) is 26.4 Å². The number of carboxylic acids is 1. The molecule has 1 aromatic heterocycles. The van der Waals surface area contributed by atoms with Crippen molar-refractivity contribution in [2.24, 2.45) is 0 Å². The summed E-state index contributed by atoms with van der Waals surface area (Å²) in [7, 11) is 0. The van der Waals surface area contributed by atoms with Crippen LogP contribution in [0.5, 0.6) is 0 Å². The molecule has 0 spiro atoms. The third kappa shape index (κ3) is 2.48. The van der Waals surface area contributed by atoms with Gasteiger partial charge in [-0.2, -0.15) is 0 Å². The van der Waals surface area contributed by atoms with Gasteiger partial charge in [0.15, 0.2) is 0 Å². The van der Waals surface area contributed by atoms with E-state index in [1.54, 1.807) is 16.8 Å². The molecular weight excluding hydrogens is 246 g/mol. The quantitative estimate of drug-likeness (QED) is 0.872. The Morgan fingerprint density at radius 2 is 2.16 bits per heavy atom. The summed E-state index contributed by atoms with van der Waals surface area (Å²) >= 11 is 0. The first-order chi connectivity index (χ1) is 9.04. The van der Waals surface area contributed by atoms with Crippen LogP contribution in [0.3, 0.4) is 0 Å². The predicted molar refractivity (Wildman–Crippen MR) is 68.3 cm³/mol. The number of hydrogen-bond acceptors (Lipinski definition) is 4. The molecule has 0 radical (unpaired) electrons. The van der Waals surface area contributed by atoms with E-state index in [0.717, 1.165) is 5.69 Å². The van der Waals surface area contributed by atoms with Crippen molar-refractivity contribution in [2.75, 3.05) is 0 Å². The van der Waals surface area contributed by atoms with E-state index in [0.29, 0.717) is 11.4 Å². The monoisotopic (exact) mass is 261 g/mol. The minimum absolute atomic E-state index is 0.116. The van der Waals surface area contributed by atoms with Gasteiger partial charge in [0.25, 0.3) is 0 Å². The van der Waals surface area contributed by atoms with Crippen LogP contribution in [0.1, 0.15) is 41.5 Å². The van der Waals surface area contributed by atoms with Gasteiger partial charge in [-0.15, -0.1) is 5.10 Å². The van der Waals surface area contributed by atoms with Gasteiger partial charge in [-0.25, -0.2) is 9.48 Å². The molecule has 0 atom stereocenters. The fourth-order valence-corrected chi connectivity index (χ4v) is 1.97. The molecule has 6 heteroatoms. The molecule has 100 valence electrons. The summed E-state index contributed by atoms with van der Waals surface area (Å²) in [5.74, 6) is -0.874. The van der Waals surface area contributed by atoms with Crippen molar-refractivity contribution in [3.63, 3.8) is 0 Å². The van der Waals surface area contributed by atoms with Crippen molar-refractivity contribution in [3.8, 4) is 5.69 Å². The fourth-order valence-electron chi connectivity index (χ4n) is 1.97. The number of aliphatic hydroxyl groups excluding tert-OH is 1. The summed E-state index contributed by atoms with van der Waals surface area (Å²) in [5, 5.41) is 26.2. The van der Waals surface area contributed by atoms with Crippen LogP contribution in [0.25, 0.3) is 5.69 Å². The molecule has 0 bridgehead atoms. The molecule has 0 unspecified atom stereocenters. The van der Waals surface area contributed by atoms with Crippen LogP contribution in [-0.4, -0.2) is 31.2 Å². The lowest BCUT2D eigenvalue weighted by molar-refractivity contribution is 0.0697. The maximum Gasteiger partial charge on any atom is 0.335 e. The number of aromatic nitrogens is 3. The molecule has 2 rings (SSSR count). The van der Waals surface area contributed by atoms with Crippen LogP contribution >= 0.6 is 0 Å². The molecule has 0 amide bonds. The van der Waals surface area contributed by atoms with E-state index in [1.165, 1.54) is 12.1 Å². The second-order valence-corrected chi connectivity index (χ2v) is 4.50. The van der Waals surface area contributed by atoms with Gasteiger partial charge in [-0.3, -0.25) is 0 Å². The molecule has 1 aromatic carbocycles. The molecule has 0 aliphatic heterocycles. The Bertz CT molecular complexity index is 605. The van der Waals surface area contributed by atoms with Crippen molar-refractivity contribution in [3.05, 3.63) is 41.2 Å². The minimum atomic E-state index is -0.990. The van der Waals surface area contributed by atoms with E-state index in [9.17, 15) is 9.90 Å². The van der Waals surface area contributed by atoms with Crippen LogP contribution in [0, 0.1) is 0 Å². The van der Waals surface area contributed by atoms with E-state index in [-0.39, 0.29) is 18.1 Å². The number of aromatic carboxylic acids is 1. The summed E-state index contributed by atoms with van der Waals surface area (Å²) in [4.78, 5) is 11.0. The first-order valence-corrected chi connectivity index (χ1v) is 5.93. The molecule has 0 aliphatic carbocycles. The summed E-state index contributed by atoms with van der Waals surface area (Å²) in [6.07, 6.45) is 0. The van der Waals surface area contributed by atoms with Crippen molar-refractivity contribution < 1.29 is 15.0 Å². The maximum atomic E-state index is 11.0. The highest BCUT2D eigenvalue weighted by Crippen LogP contribution is 2.21. The molecule has 0 saturated heterocycles. The van der Waals surface area contributed by atoms with Crippen molar-refractivity contribution in [1.82, 2.24) is 15.0 Å². The largest absolute Gasteiger partial charge is 0.478 e. The topological polar surface area (TPSA) is 88.2 Å². The molecule has 19 heavy (non-hydrogen) atoms. The fraction of sp³-hybridized carbons (Fsp3) is 0.308. The predicted octanol–water partition coefficient (Wildman–Crippen LogP) is 1.58. The normalized spacial score (nSPS) is 10.9. The average Bonchev–Trinajstić information content (AvgIpc) is 2.82. The summed E-state index contributed by atoms with van der Waals surface area (Å²) < 4.78 is 1.57. The van der Waals surface area contributed by atoms with Crippen LogP contribution in [0.15, 0.2) is 24.3 Å². The van der Waals surface area contributed by atoms with E-state index in [2.05, 4.69) is 10.3 Å². The highest BCUT2D eigenvalue weighted by atomic mass is 16.4. The van der Waals surface area contributed by atoms with Gasteiger partial charge in [-0.1, -0.05) is 25.1 Å². The Kier molecular flexibility index (Phi) is 3.62. The van der Waals surface area contributed by atoms with Gasteiger partial charge < -0.3 is 10.2 Å². The lowest BCUT2D eigenvalue weighted by Gasteiger charge is -2.10. The first kappa shape index (κ1) is 13.2. The zero-order chi connectivity index (χ0) is 14.0. The number of carboxylic acid groups (broad SMARTS) is 1. The molecule has 0 aliphatic rings. The molecule has 2 N–H and O–H groups in total. The highest BCUT2D eigenvalue weighted by Gasteiger charge is 2.17. The molecular formula is C13H15N3O3. The zero-order valence-corrected chi connectivity index (χ0v) is 10.7. The van der Waals surface area contributed by atoms with Crippen molar-refractivity contribution >= 4 is 5.97 Å². The van der Waals surface area contributed by atoms with Crippen LogP contribution in [-0.2, 0) is 6.61 Å². The number of carbonyl (C=O) groups is 1. The van der Waals surface area contributed by atoms with Gasteiger partial charge in [0.1, 0.15) is 5.69 Å². The van der Waals surface area contributed by atoms with Crippen LogP contribution in [0.4, 0.5) is 0 Å². The van der Waals surface area contributed by atoms with Crippen LogP contribution < -0.4 is 0 Å². The van der Waals surface area contributed by atoms with Gasteiger partial charge in [0.2, 0.25) is 0 Å². The molecule has 0 saturated carbocycles. The van der Waals surface area contributed by atoms with Crippen LogP contribution in [0.2, 0.25) is 0 Å². The average molecular weight is 261 g/mol. The van der Waals surface area contributed by atoms with E-state index in [4.69, 9.17) is 5.11 Å². The Hall–Kier alpha value is -2.21. The van der Waals surface area contributed by atoms with E-state index < -0.39 is 5.97 Å². The zero-order valence-electron chi connectivity index (χ0n) is 10.7. The van der Waals surface area contributed by atoms with E-state index in [1.807, 2.05) is 13.8 Å². The minimum Gasteiger partial charge on any atom is -0.478 e. The summed E-state index contributed by atoms with van der Waals surface area (Å²) in [5.41, 5.74) is 2.10. The molecule has 1 heterocycles. The third-order valence-corrected chi connectivity index (χ3v) is 2.81. The molecule has 6 nitrogen and oxygen atoms in total. The Balaban J connectivity index is 2.55. The second kappa shape index (κ2) is 5.19. The Labute approximate surface area is 110 Å². The number of rotatable bonds is 4. The lowest BCUT2D eigenvalue weighted by Crippen LogP contribution is -2.07. The van der Waals surface area contributed by atoms with Gasteiger partial charge in [0.05, 0.1) is 23.6 Å². The summed E-state index contributed by atoms with van der Waals surface area (Å²) in [6, 6.07) is 6.46. The Morgan fingerprint density at radius 1 is 1.42 bits per heavy atom. The Morgan fingerprint density at radius 3 is 2.74 bits per heavy atom. The van der Waals surface area contributed by atoms with Crippen molar-refractivity contribution in [1.29, 1.82) is 0 Å². The third-order valence-electron chi connectivity index (χ3n) is 2.81. The highest BCUT2D eigenvalue weighted by molar-refractivity contribution is 5.88. The smallest absolute Gasteiger partial charge is 0.335 e. The first-order valence-electron chi connectivity index (χ1n) is 5.93. The second-order valence-electron chi connectivity index (χ2n) is 4.50. The SMILES string of the molecule is CC(C)c1c(CO)nnn1-c1cccc(C(=O)O)c1. The van der Waals surface area contributed by atoms with Gasteiger partial charge in [0, 0.05) is 0 Å². The standard InChI is InChI=1S/C13H15N3O3/c1-8(2)12-11(7-17)14-15-16(12)10-5-3-4-9(6-10)13(18)19/h3-6,8,17H,7H2,1-2H3,(H,18,19). The van der Waals surface area contributed by atoms with Gasteiger partial charge >= 0.3 is 5.97 Å². The van der Waals surface area contributed by atoms with E-state index >= 15 is 0 Å². The number of aliphatic hydroxyl groups is 1.